The van der Waals surface area contributed by atoms with E-state index >= 15 is 0 Å². The monoisotopic (exact) mass is 351 g/mol. The number of alkyl halides is 3. The SMILES string of the molecule is CN(C)[C@H](CNC(=O)C(=O)NCC(F)(F)F)c1ccccc1Cl. The number of nitrogens with one attached hydrogen (secondary N) is 2. The van der Waals surface area contributed by atoms with E-state index in [1.54, 1.807) is 43.3 Å². The number of carbonyl (C=O) groups excluding carboxylic acids is 2. The summed E-state index contributed by atoms with van der Waals surface area (Å²) in [6.07, 6.45) is -4.57. The molecule has 1 rings (SSSR count). The second kappa shape index (κ2) is 8.16. The Kier molecular flexibility index (Phi) is 6.83. The quantitative estimate of drug-likeness (QED) is 0.794. The fraction of sp³-hybridized carbons (Fsp3) is 0.429. The van der Waals surface area contributed by atoms with Crippen LogP contribution in [0.2, 0.25) is 5.02 Å². The molecule has 0 unspecified atom stereocenters. The Labute approximate surface area is 136 Å². The van der Waals surface area contributed by atoms with Crippen LogP contribution in [-0.2, 0) is 9.59 Å². The van der Waals surface area contributed by atoms with Crippen LogP contribution in [0.4, 0.5) is 13.2 Å². The van der Waals surface area contributed by atoms with Crippen LogP contribution >= 0.6 is 11.6 Å². The van der Waals surface area contributed by atoms with Crippen molar-refractivity contribution in [3.63, 3.8) is 0 Å². The first-order valence-corrected chi connectivity index (χ1v) is 7.03. The predicted octanol–water partition coefficient (Wildman–Crippen LogP) is 1.74. The summed E-state index contributed by atoms with van der Waals surface area (Å²) in [7, 11) is 3.51. The number of benzene rings is 1. The Hall–Kier alpha value is -1.80. The number of carbonyl (C=O) groups is 2. The molecule has 128 valence electrons. The Morgan fingerprint density at radius 1 is 1.17 bits per heavy atom. The van der Waals surface area contributed by atoms with E-state index in [1.165, 1.54) is 5.32 Å². The number of likely N-dealkylation sites (N-methyl/N-ethyl adjacent to an activating group) is 1. The van der Waals surface area contributed by atoms with E-state index < -0.39 is 24.5 Å². The summed E-state index contributed by atoms with van der Waals surface area (Å²) >= 11 is 6.10. The highest BCUT2D eigenvalue weighted by Crippen LogP contribution is 2.25. The van der Waals surface area contributed by atoms with Gasteiger partial charge in [-0.1, -0.05) is 29.8 Å². The lowest BCUT2D eigenvalue weighted by atomic mass is 10.1. The summed E-state index contributed by atoms with van der Waals surface area (Å²) in [6.45, 7) is -1.53. The maximum absolute atomic E-state index is 12.0. The average Bonchev–Trinajstić information content (AvgIpc) is 2.45. The Bertz CT molecular complexity index is 564. The number of rotatable bonds is 5. The van der Waals surface area contributed by atoms with Crippen molar-refractivity contribution in [1.29, 1.82) is 0 Å². The summed E-state index contributed by atoms with van der Waals surface area (Å²) < 4.78 is 36.0. The minimum atomic E-state index is -4.57. The molecule has 0 aromatic heterocycles. The van der Waals surface area contributed by atoms with Gasteiger partial charge in [-0.15, -0.1) is 0 Å². The van der Waals surface area contributed by atoms with Crippen molar-refractivity contribution in [2.75, 3.05) is 27.2 Å². The Balaban J connectivity index is 2.64. The number of hydrogen-bond acceptors (Lipinski definition) is 3. The van der Waals surface area contributed by atoms with E-state index in [0.717, 1.165) is 5.56 Å². The van der Waals surface area contributed by atoms with Crippen molar-refractivity contribution >= 4 is 23.4 Å². The molecule has 0 heterocycles. The molecule has 9 heteroatoms. The van der Waals surface area contributed by atoms with Crippen LogP contribution in [-0.4, -0.2) is 50.1 Å². The molecule has 2 amide bonds. The van der Waals surface area contributed by atoms with Gasteiger partial charge in [0.25, 0.3) is 0 Å². The molecule has 5 nitrogen and oxygen atoms in total. The minimum Gasteiger partial charge on any atom is -0.346 e. The molecule has 1 aromatic rings. The summed E-state index contributed by atoms with van der Waals surface area (Å²) in [5.41, 5.74) is 0.732. The van der Waals surface area contributed by atoms with E-state index in [2.05, 4.69) is 5.32 Å². The van der Waals surface area contributed by atoms with Crippen LogP contribution in [0.15, 0.2) is 24.3 Å². The van der Waals surface area contributed by atoms with Crippen LogP contribution in [0.5, 0.6) is 0 Å². The average molecular weight is 352 g/mol. The zero-order valence-electron chi connectivity index (χ0n) is 12.6. The second-order valence-corrected chi connectivity index (χ2v) is 5.42. The fourth-order valence-corrected chi connectivity index (χ4v) is 2.11. The van der Waals surface area contributed by atoms with Crippen LogP contribution in [0.1, 0.15) is 11.6 Å². The van der Waals surface area contributed by atoms with Gasteiger partial charge in [0.1, 0.15) is 6.54 Å². The summed E-state index contributed by atoms with van der Waals surface area (Å²) in [6, 6.07) is 6.65. The number of hydrogen-bond donors (Lipinski definition) is 2. The zero-order chi connectivity index (χ0) is 17.6. The van der Waals surface area contributed by atoms with Crippen molar-refractivity contribution in [3.05, 3.63) is 34.9 Å². The van der Waals surface area contributed by atoms with Gasteiger partial charge < -0.3 is 15.5 Å². The first kappa shape index (κ1) is 19.2. The molecule has 0 radical (unpaired) electrons. The molecule has 0 spiro atoms. The van der Waals surface area contributed by atoms with E-state index in [4.69, 9.17) is 11.6 Å². The first-order valence-electron chi connectivity index (χ1n) is 6.65. The Morgan fingerprint density at radius 3 is 2.26 bits per heavy atom. The van der Waals surface area contributed by atoms with Crippen molar-refractivity contribution in [3.8, 4) is 0 Å². The summed E-state index contributed by atoms with van der Waals surface area (Å²) in [4.78, 5) is 24.6. The maximum atomic E-state index is 12.0. The molecule has 0 saturated heterocycles. The smallest absolute Gasteiger partial charge is 0.346 e. The van der Waals surface area contributed by atoms with Gasteiger partial charge in [0.05, 0.1) is 6.04 Å². The van der Waals surface area contributed by atoms with Crippen LogP contribution in [0.3, 0.4) is 0 Å². The topological polar surface area (TPSA) is 61.4 Å². The van der Waals surface area contributed by atoms with Crippen molar-refractivity contribution < 1.29 is 22.8 Å². The molecule has 0 bridgehead atoms. The highest BCUT2D eigenvalue weighted by molar-refractivity contribution is 6.35. The van der Waals surface area contributed by atoms with Crippen LogP contribution < -0.4 is 10.6 Å². The lowest BCUT2D eigenvalue weighted by Gasteiger charge is -2.25. The molecular formula is C14H17ClF3N3O2. The number of amides is 2. The second-order valence-electron chi connectivity index (χ2n) is 5.01. The van der Waals surface area contributed by atoms with Crippen molar-refractivity contribution in [2.24, 2.45) is 0 Å². The number of halogens is 4. The zero-order valence-corrected chi connectivity index (χ0v) is 13.3. The van der Waals surface area contributed by atoms with Gasteiger partial charge in [-0.05, 0) is 25.7 Å². The molecule has 1 aromatic carbocycles. The van der Waals surface area contributed by atoms with E-state index in [1.807, 2.05) is 0 Å². The first-order chi connectivity index (χ1) is 10.6. The van der Waals surface area contributed by atoms with E-state index in [-0.39, 0.29) is 12.6 Å². The molecule has 0 aliphatic carbocycles. The van der Waals surface area contributed by atoms with Crippen molar-refractivity contribution in [1.82, 2.24) is 15.5 Å². The molecule has 0 fully saturated rings. The molecule has 0 saturated carbocycles. The lowest BCUT2D eigenvalue weighted by molar-refractivity contribution is -0.146. The fourth-order valence-electron chi connectivity index (χ4n) is 1.85. The van der Waals surface area contributed by atoms with Gasteiger partial charge in [0.15, 0.2) is 0 Å². The highest BCUT2D eigenvalue weighted by Gasteiger charge is 2.29. The summed E-state index contributed by atoms with van der Waals surface area (Å²) in [5.74, 6) is -2.47. The standard InChI is InChI=1S/C14H17ClF3N3O2/c1-21(2)11(9-5-3-4-6-10(9)15)7-19-12(22)13(23)20-8-14(16,17)18/h3-6,11H,7-8H2,1-2H3,(H,19,22)(H,20,23)/t11-/m1/s1. The van der Waals surface area contributed by atoms with Crippen LogP contribution in [0.25, 0.3) is 0 Å². The van der Waals surface area contributed by atoms with Gasteiger partial charge in [-0.3, -0.25) is 9.59 Å². The van der Waals surface area contributed by atoms with Gasteiger partial charge in [0, 0.05) is 11.6 Å². The predicted molar refractivity (Wildman–Crippen MR) is 80.0 cm³/mol. The third-order valence-electron chi connectivity index (χ3n) is 3.00. The molecule has 1 atom stereocenters. The molecule has 0 aliphatic heterocycles. The molecule has 0 aliphatic rings. The largest absolute Gasteiger partial charge is 0.405 e. The lowest BCUT2D eigenvalue weighted by Crippen LogP contribution is -2.45. The highest BCUT2D eigenvalue weighted by atomic mass is 35.5. The van der Waals surface area contributed by atoms with Gasteiger partial charge >= 0.3 is 18.0 Å². The maximum Gasteiger partial charge on any atom is 0.405 e. The molecule has 23 heavy (non-hydrogen) atoms. The third kappa shape index (κ3) is 6.45. The van der Waals surface area contributed by atoms with Gasteiger partial charge in [-0.25, -0.2) is 0 Å². The molecule has 2 N–H and O–H groups in total. The van der Waals surface area contributed by atoms with E-state index in [0.29, 0.717) is 5.02 Å². The normalized spacial score (nSPS) is 12.8. The Morgan fingerprint density at radius 2 is 1.74 bits per heavy atom. The van der Waals surface area contributed by atoms with Crippen LogP contribution in [0, 0.1) is 0 Å². The minimum absolute atomic E-state index is 0.0228. The summed E-state index contributed by atoms with van der Waals surface area (Å²) in [5, 5.41) is 4.31. The number of nitrogens with zero attached hydrogens (tertiary/aromatic N) is 1. The van der Waals surface area contributed by atoms with E-state index in [9.17, 15) is 22.8 Å². The van der Waals surface area contributed by atoms with Gasteiger partial charge in [-0.2, -0.15) is 13.2 Å². The van der Waals surface area contributed by atoms with Gasteiger partial charge in [0.2, 0.25) is 0 Å². The van der Waals surface area contributed by atoms with Crippen molar-refractivity contribution in [2.45, 2.75) is 12.2 Å². The molecular weight excluding hydrogens is 335 g/mol. The third-order valence-corrected chi connectivity index (χ3v) is 3.34.